The van der Waals surface area contributed by atoms with Crippen molar-refractivity contribution >= 4 is 11.9 Å². The van der Waals surface area contributed by atoms with Crippen molar-refractivity contribution in [3.05, 3.63) is 82.9 Å². The molecule has 12 nitrogen and oxygen atoms in total. The Balaban J connectivity index is 1.52. The summed E-state index contributed by atoms with van der Waals surface area (Å²) in [7, 11) is 0. The molecule has 0 bridgehead atoms. The van der Waals surface area contributed by atoms with Crippen molar-refractivity contribution in [2.45, 2.75) is 64.7 Å². The lowest BCUT2D eigenvalue weighted by atomic mass is 9.76. The predicted octanol–water partition coefficient (Wildman–Crippen LogP) is 4.08. The molecule has 0 fully saturated rings. The van der Waals surface area contributed by atoms with Gasteiger partial charge < -0.3 is 10.2 Å². The lowest BCUT2D eigenvalue weighted by molar-refractivity contribution is -0.145. The molecule has 0 amide bonds. The third-order valence-corrected chi connectivity index (χ3v) is 8.13. The molecule has 2 heterocycles. The molecular weight excluding hydrogens is 536 g/mol. The summed E-state index contributed by atoms with van der Waals surface area (Å²) in [6.07, 6.45) is 3.10. The molecule has 0 aliphatic carbocycles. The SMILES string of the molecule is CCCC(C)[C@H](C(=O)O)[C@H](Cc1ccc(CC(C)[C@H](C(=O)O)[C@H](Cc2ccccc2)c2nn[nH]n2)cc1)c1nn[nH]n1. The fraction of sp³-hybridized carbons (Fsp3) is 0.467. The van der Waals surface area contributed by atoms with Gasteiger partial charge in [-0.05, 0) is 47.8 Å². The molecule has 0 saturated carbocycles. The second kappa shape index (κ2) is 14.4. The molecular formula is C30H38N8O4. The van der Waals surface area contributed by atoms with E-state index in [4.69, 9.17) is 0 Å². The summed E-state index contributed by atoms with van der Waals surface area (Å²) in [5.74, 6) is -3.64. The minimum absolute atomic E-state index is 0.0629. The van der Waals surface area contributed by atoms with Gasteiger partial charge in [-0.15, -0.1) is 20.4 Å². The molecule has 0 spiro atoms. The maximum Gasteiger partial charge on any atom is 0.307 e. The number of nitrogens with one attached hydrogen (secondary N) is 2. The minimum atomic E-state index is -0.909. The van der Waals surface area contributed by atoms with E-state index in [0.29, 0.717) is 30.9 Å². The summed E-state index contributed by atoms with van der Waals surface area (Å²) in [4.78, 5) is 25.0. The summed E-state index contributed by atoms with van der Waals surface area (Å²) in [6.45, 7) is 5.93. The average molecular weight is 575 g/mol. The van der Waals surface area contributed by atoms with Gasteiger partial charge in [0.25, 0.3) is 0 Å². The van der Waals surface area contributed by atoms with Crippen LogP contribution in [0.25, 0.3) is 0 Å². The number of hydrogen-bond donors (Lipinski definition) is 4. The van der Waals surface area contributed by atoms with E-state index in [-0.39, 0.29) is 11.8 Å². The molecule has 4 aromatic rings. The number of benzene rings is 2. The van der Waals surface area contributed by atoms with Crippen LogP contribution in [0, 0.1) is 23.7 Å². The van der Waals surface area contributed by atoms with Crippen LogP contribution in [0.5, 0.6) is 0 Å². The van der Waals surface area contributed by atoms with Crippen molar-refractivity contribution in [2.24, 2.45) is 23.7 Å². The third kappa shape index (κ3) is 7.62. The van der Waals surface area contributed by atoms with Crippen molar-refractivity contribution in [1.29, 1.82) is 0 Å². The second-order valence-electron chi connectivity index (χ2n) is 11.1. The van der Waals surface area contributed by atoms with Gasteiger partial charge >= 0.3 is 11.9 Å². The number of aromatic amines is 2. The summed E-state index contributed by atoms with van der Waals surface area (Å²) < 4.78 is 0. The predicted molar refractivity (Wildman–Crippen MR) is 153 cm³/mol. The number of nitrogens with zero attached hydrogens (tertiary/aromatic N) is 6. The molecule has 6 atom stereocenters. The first kappa shape index (κ1) is 30.5. The topological polar surface area (TPSA) is 184 Å². The molecule has 222 valence electrons. The Morgan fingerprint density at radius 3 is 1.57 bits per heavy atom. The van der Waals surface area contributed by atoms with E-state index in [2.05, 4.69) is 41.2 Å². The van der Waals surface area contributed by atoms with Gasteiger partial charge in [0.2, 0.25) is 0 Å². The Morgan fingerprint density at radius 2 is 1.14 bits per heavy atom. The van der Waals surface area contributed by atoms with Gasteiger partial charge in [0.1, 0.15) is 0 Å². The number of rotatable bonds is 16. The zero-order valence-electron chi connectivity index (χ0n) is 24.1. The van der Waals surface area contributed by atoms with Crippen molar-refractivity contribution in [1.82, 2.24) is 41.2 Å². The van der Waals surface area contributed by atoms with Gasteiger partial charge in [0.15, 0.2) is 11.6 Å². The Bertz CT molecular complexity index is 1380. The maximum atomic E-state index is 12.6. The van der Waals surface area contributed by atoms with Crippen LogP contribution in [0.15, 0.2) is 54.6 Å². The summed E-state index contributed by atoms with van der Waals surface area (Å²) in [6, 6.07) is 17.6. The van der Waals surface area contributed by atoms with Gasteiger partial charge in [-0.1, -0.05) is 98.6 Å². The van der Waals surface area contributed by atoms with Crippen molar-refractivity contribution in [3.8, 4) is 0 Å². The number of carbonyl (C=O) groups is 2. The van der Waals surface area contributed by atoms with E-state index < -0.39 is 35.6 Å². The highest BCUT2D eigenvalue weighted by Crippen LogP contribution is 2.35. The highest BCUT2D eigenvalue weighted by atomic mass is 16.4. The molecule has 2 aromatic carbocycles. The number of aromatic nitrogens is 8. The Kier molecular flexibility index (Phi) is 10.5. The first-order valence-corrected chi connectivity index (χ1v) is 14.3. The lowest BCUT2D eigenvalue weighted by Gasteiger charge is -2.27. The largest absolute Gasteiger partial charge is 0.481 e. The first-order valence-electron chi connectivity index (χ1n) is 14.3. The van der Waals surface area contributed by atoms with E-state index in [1.807, 2.05) is 75.4 Å². The molecule has 2 aromatic heterocycles. The van der Waals surface area contributed by atoms with Crippen molar-refractivity contribution in [2.75, 3.05) is 0 Å². The van der Waals surface area contributed by atoms with Crippen LogP contribution in [0.4, 0.5) is 0 Å². The number of H-pyrrole nitrogens is 2. The standard InChI is InChI=1S/C30H38N8O4/c1-4-8-18(2)25(29(39)40)23(27-31-35-36-32-27)17-22-13-11-21(12-14-22)15-19(3)26(30(41)42)24(28-33-37-38-34-28)16-20-9-6-5-7-10-20/h5-7,9-14,18-19,23-26H,4,8,15-17H2,1-3H3,(H,39,40)(H,41,42)(H,31,32,35,36)(H,33,34,37,38)/t18?,19?,23-,24-,25-,26-/m0/s1. The molecule has 0 saturated heterocycles. The Morgan fingerprint density at radius 1 is 0.690 bits per heavy atom. The van der Waals surface area contributed by atoms with Crippen LogP contribution >= 0.6 is 0 Å². The van der Waals surface area contributed by atoms with Gasteiger partial charge in [0, 0.05) is 11.8 Å². The van der Waals surface area contributed by atoms with Gasteiger partial charge in [-0.2, -0.15) is 10.4 Å². The van der Waals surface area contributed by atoms with Crippen LogP contribution in [0.3, 0.4) is 0 Å². The maximum absolute atomic E-state index is 12.6. The van der Waals surface area contributed by atoms with Crippen LogP contribution < -0.4 is 0 Å². The second-order valence-corrected chi connectivity index (χ2v) is 11.1. The number of hydrogen-bond acceptors (Lipinski definition) is 8. The Hall–Kier alpha value is -4.48. The zero-order chi connectivity index (χ0) is 30.1. The molecule has 42 heavy (non-hydrogen) atoms. The van der Waals surface area contributed by atoms with Crippen molar-refractivity contribution in [3.63, 3.8) is 0 Å². The quantitative estimate of drug-likeness (QED) is 0.152. The van der Waals surface area contributed by atoms with Crippen molar-refractivity contribution < 1.29 is 19.8 Å². The lowest BCUT2D eigenvalue weighted by Crippen LogP contribution is -2.31. The first-order chi connectivity index (χ1) is 20.3. The fourth-order valence-corrected chi connectivity index (χ4v) is 6.10. The smallest absolute Gasteiger partial charge is 0.307 e. The summed E-state index contributed by atoms with van der Waals surface area (Å²) in [5.41, 5.74) is 2.92. The van der Waals surface area contributed by atoms with E-state index >= 15 is 0 Å². The number of carboxylic acid groups (broad SMARTS) is 2. The van der Waals surface area contributed by atoms with Crippen LogP contribution in [-0.2, 0) is 28.9 Å². The molecule has 0 aliphatic rings. The normalized spacial score (nSPS) is 15.8. The molecule has 2 unspecified atom stereocenters. The Labute approximate surface area is 244 Å². The number of aliphatic carboxylic acids is 2. The number of tetrazole rings is 2. The van der Waals surface area contributed by atoms with Gasteiger partial charge in [-0.3, -0.25) is 9.59 Å². The minimum Gasteiger partial charge on any atom is -0.481 e. The van der Waals surface area contributed by atoms with E-state index in [1.54, 1.807) is 0 Å². The van der Waals surface area contributed by atoms with Crippen LogP contribution in [0.2, 0.25) is 0 Å². The average Bonchev–Trinajstić information content (AvgIpc) is 3.69. The zero-order valence-corrected chi connectivity index (χ0v) is 24.1. The number of carboxylic acids is 2. The van der Waals surface area contributed by atoms with Crippen LogP contribution in [-0.4, -0.2) is 63.4 Å². The van der Waals surface area contributed by atoms with E-state index in [9.17, 15) is 19.8 Å². The molecule has 12 heteroatoms. The van der Waals surface area contributed by atoms with Gasteiger partial charge in [0.05, 0.1) is 11.8 Å². The van der Waals surface area contributed by atoms with Gasteiger partial charge in [-0.25, -0.2) is 0 Å². The van der Waals surface area contributed by atoms with E-state index in [0.717, 1.165) is 29.5 Å². The van der Waals surface area contributed by atoms with E-state index in [1.165, 1.54) is 0 Å². The molecule has 4 N–H and O–H groups in total. The molecule has 0 aliphatic heterocycles. The highest BCUT2D eigenvalue weighted by molar-refractivity contribution is 5.72. The molecule has 4 rings (SSSR count). The van der Waals surface area contributed by atoms with Crippen LogP contribution in [0.1, 0.15) is 73.8 Å². The summed E-state index contributed by atoms with van der Waals surface area (Å²) >= 11 is 0. The fourth-order valence-electron chi connectivity index (χ4n) is 6.10. The summed E-state index contributed by atoms with van der Waals surface area (Å²) in [5, 5.41) is 49.3. The highest BCUT2D eigenvalue weighted by Gasteiger charge is 2.38. The monoisotopic (exact) mass is 574 g/mol. The molecule has 0 radical (unpaired) electrons. The third-order valence-electron chi connectivity index (χ3n) is 8.13.